The lowest BCUT2D eigenvalue weighted by atomic mass is 10.1. The lowest BCUT2D eigenvalue weighted by molar-refractivity contribution is -0.133. The van der Waals surface area contributed by atoms with Crippen LogP contribution in [-0.4, -0.2) is 42.4 Å². The molecular formula is C13H25N3O2. The summed E-state index contributed by atoms with van der Waals surface area (Å²) in [6.07, 6.45) is 5.43. The normalized spacial score (nSPS) is 17.3. The van der Waals surface area contributed by atoms with Gasteiger partial charge in [-0.2, -0.15) is 0 Å². The first-order valence-electron chi connectivity index (χ1n) is 6.89. The van der Waals surface area contributed by atoms with Gasteiger partial charge in [-0.1, -0.05) is 0 Å². The van der Waals surface area contributed by atoms with E-state index in [0.29, 0.717) is 6.42 Å². The molecule has 1 unspecified atom stereocenters. The average Bonchev–Trinajstić information content (AvgIpc) is 2.36. The Kier molecular flexibility index (Phi) is 6.72. The SMILES string of the molecule is CC(N)CCCC(=O)NCC(=O)N1CCCCC1. The molecule has 3 N–H and O–H groups in total. The third-order valence-corrected chi connectivity index (χ3v) is 3.21. The zero-order valence-corrected chi connectivity index (χ0v) is 11.3. The number of likely N-dealkylation sites (tertiary alicyclic amines) is 1. The van der Waals surface area contributed by atoms with Crippen LogP contribution in [0.5, 0.6) is 0 Å². The van der Waals surface area contributed by atoms with Crippen LogP contribution in [0.25, 0.3) is 0 Å². The van der Waals surface area contributed by atoms with E-state index in [-0.39, 0.29) is 24.4 Å². The minimum absolute atomic E-state index is 0.0373. The van der Waals surface area contributed by atoms with E-state index in [4.69, 9.17) is 5.73 Å². The first-order chi connectivity index (χ1) is 8.59. The van der Waals surface area contributed by atoms with Crippen molar-refractivity contribution < 1.29 is 9.59 Å². The third-order valence-electron chi connectivity index (χ3n) is 3.21. The number of nitrogens with zero attached hydrogens (tertiary/aromatic N) is 1. The molecular weight excluding hydrogens is 230 g/mol. The van der Waals surface area contributed by atoms with Gasteiger partial charge in [0.15, 0.2) is 0 Å². The zero-order valence-electron chi connectivity index (χ0n) is 11.3. The Bertz CT molecular complexity index is 273. The molecule has 5 nitrogen and oxygen atoms in total. The summed E-state index contributed by atoms with van der Waals surface area (Å²) in [5.41, 5.74) is 5.61. The van der Waals surface area contributed by atoms with Gasteiger partial charge in [0.2, 0.25) is 11.8 Å². The number of hydrogen-bond donors (Lipinski definition) is 2. The van der Waals surface area contributed by atoms with E-state index in [1.165, 1.54) is 6.42 Å². The highest BCUT2D eigenvalue weighted by atomic mass is 16.2. The summed E-state index contributed by atoms with van der Waals surface area (Å²) < 4.78 is 0. The van der Waals surface area contributed by atoms with Gasteiger partial charge in [0, 0.05) is 25.6 Å². The average molecular weight is 255 g/mol. The molecule has 0 aromatic rings. The van der Waals surface area contributed by atoms with Crippen molar-refractivity contribution in [1.82, 2.24) is 10.2 Å². The molecule has 0 aromatic heterocycles. The van der Waals surface area contributed by atoms with Crippen LogP contribution >= 0.6 is 0 Å². The van der Waals surface area contributed by atoms with Gasteiger partial charge in [0.05, 0.1) is 6.54 Å². The van der Waals surface area contributed by atoms with Crippen LogP contribution in [0, 0.1) is 0 Å². The second-order valence-electron chi connectivity index (χ2n) is 5.09. The molecule has 0 spiro atoms. The highest BCUT2D eigenvalue weighted by Gasteiger charge is 2.16. The third kappa shape index (κ3) is 6.00. The highest BCUT2D eigenvalue weighted by Crippen LogP contribution is 2.08. The summed E-state index contributed by atoms with van der Waals surface area (Å²) in [5, 5.41) is 2.68. The Hall–Kier alpha value is -1.10. The molecule has 1 aliphatic heterocycles. The number of piperidine rings is 1. The highest BCUT2D eigenvalue weighted by molar-refractivity contribution is 5.84. The molecule has 104 valence electrons. The van der Waals surface area contributed by atoms with E-state index >= 15 is 0 Å². The van der Waals surface area contributed by atoms with Crippen LogP contribution in [0.4, 0.5) is 0 Å². The number of nitrogens with one attached hydrogen (secondary N) is 1. The van der Waals surface area contributed by atoms with Crippen LogP contribution in [0.1, 0.15) is 45.4 Å². The molecule has 18 heavy (non-hydrogen) atoms. The predicted octanol–water partition coefficient (Wildman–Crippen LogP) is 0.633. The Morgan fingerprint density at radius 3 is 2.56 bits per heavy atom. The second-order valence-corrected chi connectivity index (χ2v) is 5.09. The maximum atomic E-state index is 11.8. The smallest absolute Gasteiger partial charge is 0.241 e. The summed E-state index contributed by atoms with van der Waals surface area (Å²) in [7, 11) is 0. The summed E-state index contributed by atoms with van der Waals surface area (Å²) in [4.78, 5) is 25.1. The minimum Gasteiger partial charge on any atom is -0.347 e. The quantitative estimate of drug-likeness (QED) is 0.731. The Morgan fingerprint density at radius 1 is 1.28 bits per heavy atom. The number of hydrogen-bond acceptors (Lipinski definition) is 3. The van der Waals surface area contributed by atoms with Gasteiger partial charge in [0.25, 0.3) is 0 Å². The van der Waals surface area contributed by atoms with Gasteiger partial charge < -0.3 is 16.0 Å². The zero-order chi connectivity index (χ0) is 13.4. The van der Waals surface area contributed by atoms with Gasteiger partial charge in [-0.25, -0.2) is 0 Å². The predicted molar refractivity (Wildman–Crippen MR) is 70.9 cm³/mol. The van der Waals surface area contributed by atoms with Crippen LogP contribution < -0.4 is 11.1 Å². The molecule has 0 radical (unpaired) electrons. The molecule has 1 fully saturated rings. The van der Waals surface area contributed by atoms with E-state index in [1.54, 1.807) is 0 Å². The minimum atomic E-state index is -0.0546. The molecule has 0 aliphatic carbocycles. The lowest BCUT2D eigenvalue weighted by Gasteiger charge is -2.26. The summed E-state index contributed by atoms with van der Waals surface area (Å²) in [6.45, 7) is 3.73. The van der Waals surface area contributed by atoms with Crippen molar-refractivity contribution in [1.29, 1.82) is 0 Å². The molecule has 0 saturated carbocycles. The van der Waals surface area contributed by atoms with Crippen LogP contribution in [0.2, 0.25) is 0 Å². The van der Waals surface area contributed by atoms with Crippen molar-refractivity contribution in [3.05, 3.63) is 0 Å². The fourth-order valence-corrected chi connectivity index (χ4v) is 2.10. The van der Waals surface area contributed by atoms with Crippen LogP contribution in [0.15, 0.2) is 0 Å². The molecule has 2 amide bonds. The summed E-state index contributed by atoms with van der Waals surface area (Å²) in [6, 6.07) is 0.132. The molecule has 1 heterocycles. The Labute approximate surface area is 109 Å². The maximum Gasteiger partial charge on any atom is 0.241 e. The van der Waals surface area contributed by atoms with Crippen molar-refractivity contribution in [3.8, 4) is 0 Å². The largest absolute Gasteiger partial charge is 0.347 e. The van der Waals surface area contributed by atoms with Crippen molar-refractivity contribution in [2.45, 2.75) is 51.5 Å². The number of carbonyl (C=O) groups is 2. The topological polar surface area (TPSA) is 75.4 Å². The van der Waals surface area contributed by atoms with Gasteiger partial charge in [0.1, 0.15) is 0 Å². The van der Waals surface area contributed by atoms with Crippen LogP contribution in [-0.2, 0) is 9.59 Å². The fourth-order valence-electron chi connectivity index (χ4n) is 2.10. The monoisotopic (exact) mass is 255 g/mol. The van der Waals surface area contributed by atoms with Gasteiger partial charge >= 0.3 is 0 Å². The molecule has 0 aromatic carbocycles. The number of rotatable bonds is 6. The maximum absolute atomic E-state index is 11.8. The second kappa shape index (κ2) is 8.08. The molecule has 1 rings (SSSR count). The van der Waals surface area contributed by atoms with Crippen LogP contribution in [0.3, 0.4) is 0 Å². The fraction of sp³-hybridized carbons (Fsp3) is 0.846. The van der Waals surface area contributed by atoms with E-state index < -0.39 is 0 Å². The molecule has 0 bridgehead atoms. The van der Waals surface area contributed by atoms with Gasteiger partial charge in [-0.3, -0.25) is 9.59 Å². The first-order valence-corrected chi connectivity index (χ1v) is 6.89. The molecule has 1 saturated heterocycles. The van der Waals surface area contributed by atoms with E-state index in [0.717, 1.165) is 38.8 Å². The van der Waals surface area contributed by atoms with E-state index in [2.05, 4.69) is 5.32 Å². The lowest BCUT2D eigenvalue weighted by Crippen LogP contribution is -2.42. The van der Waals surface area contributed by atoms with Gasteiger partial charge in [-0.05, 0) is 39.0 Å². The summed E-state index contributed by atoms with van der Waals surface area (Å²) in [5.74, 6) is -0.0174. The van der Waals surface area contributed by atoms with E-state index in [9.17, 15) is 9.59 Å². The van der Waals surface area contributed by atoms with Crippen molar-refractivity contribution in [2.75, 3.05) is 19.6 Å². The summed E-state index contributed by atoms with van der Waals surface area (Å²) >= 11 is 0. The van der Waals surface area contributed by atoms with Gasteiger partial charge in [-0.15, -0.1) is 0 Å². The molecule has 5 heteroatoms. The Morgan fingerprint density at radius 2 is 1.94 bits per heavy atom. The number of amides is 2. The Balaban J connectivity index is 2.11. The number of carbonyl (C=O) groups excluding carboxylic acids is 2. The molecule has 1 aliphatic rings. The van der Waals surface area contributed by atoms with E-state index in [1.807, 2.05) is 11.8 Å². The van der Waals surface area contributed by atoms with Crippen molar-refractivity contribution >= 4 is 11.8 Å². The molecule has 1 atom stereocenters. The standard InChI is InChI=1S/C13H25N3O2/c1-11(14)6-5-7-12(17)15-10-13(18)16-8-3-2-4-9-16/h11H,2-10,14H2,1H3,(H,15,17). The van der Waals surface area contributed by atoms with Crippen molar-refractivity contribution in [2.24, 2.45) is 5.73 Å². The van der Waals surface area contributed by atoms with Crippen molar-refractivity contribution in [3.63, 3.8) is 0 Å². The number of nitrogens with two attached hydrogens (primary N) is 1. The first kappa shape index (κ1) is 15.0.